The lowest BCUT2D eigenvalue weighted by atomic mass is 10.1. The third kappa shape index (κ3) is 4.10. The van der Waals surface area contributed by atoms with E-state index in [1.54, 1.807) is 0 Å². The van der Waals surface area contributed by atoms with Gasteiger partial charge in [-0.3, -0.25) is 4.79 Å². The van der Waals surface area contributed by atoms with E-state index in [1.165, 1.54) is 7.11 Å². The Labute approximate surface area is 97.7 Å². The van der Waals surface area contributed by atoms with Gasteiger partial charge in [0.15, 0.2) is 0 Å². The lowest BCUT2D eigenvalue weighted by Crippen LogP contribution is -2.47. The van der Waals surface area contributed by atoms with Crippen molar-refractivity contribution < 1.29 is 14.3 Å². The smallest absolute Gasteiger partial charge is 0.323 e. The average Bonchev–Trinajstić information content (AvgIpc) is 3.01. The first-order valence-electron chi connectivity index (χ1n) is 5.95. The average molecular weight is 229 g/mol. The van der Waals surface area contributed by atoms with Gasteiger partial charge in [-0.1, -0.05) is 0 Å². The molecule has 0 aromatic rings. The van der Waals surface area contributed by atoms with Crippen LogP contribution in [-0.2, 0) is 14.3 Å². The second kappa shape index (κ2) is 5.64. The largest absolute Gasteiger partial charge is 0.468 e. The van der Waals surface area contributed by atoms with Crippen LogP contribution >= 0.6 is 0 Å². The molecule has 16 heavy (non-hydrogen) atoms. The number of carbonyl (C=O) groups is 1. The quantitative estimate of drug-likeness (QED) is 0.669. The monoisotopic (exact) mass is 229 g/mol. The molecule has 1 saturated carbocycles. The highest BCUT2D eigenvalue weighted by atomic mass is 16.5. The zero-order valence-electron chi connectivity index (χ0n) is 10.7. The Morgan fingerprint density at radius 3 is 2.56 bits per heavy atom. The summed E-state index contributed by atoms with van der Waals surface area (Å²) in [5.74, 6) is 0.291. The predicted molar refractivity (Wildman–Crippen MR) is 62.2 cm³/mol. The first-order chi connectivity index (χ1) is 7.50. The van der Waals surface area contributed by atoms with E-state index in [0.29, 0.717) is 19.1 Å². The summed E-state index contributed by atoms with van der Waals surface area (Å²) in [4.78, 5) is 11.5. The van der Waals surface area contributed by atoms with E-state index in [4.69, 9.17) is 9.47 Å². The Kier molecular flexibility index (Phi) is 4.74. The van der Waals surface area contributed by atoms with E-state index in [0.717, 1.165) is 12.8 Å². The molecular formula is C12H23NO3. The number of esters is 1. The molecule has 4 heteroatoms. The van der Waals surface area contributed by atoms with Crippen molar-refractivity contribution in [3.05, 3.63) is 0 Å². The molecule has 0 amide bonds. The maximum atomic E-state index is 11.5. The molecule has 1 fully saturated rings. The highest BCUT2D eigenvalue weighted by Gasteiger charge is 2.37. The highest BCUT2D eigenvalue weighted by molar-refractivity contribution is 5.76. The molecule has 0 bridgehead atoms. The Hall–Kier alpha value is -0.610. The van der Waals surface area contributed by atoms with Crippen LogP contribution in [0.25, 0.3) is 0 Å². The molecule has 1 unspecified atom stereocenters. The minimum atomic E-state index is -0.240. The van der Waals surface area contributed by atoms with E-state index < -0.39 is 0 Å². The maximum Gasteiger partial charge on any atom is 0.323 e. The van der Waals surface area contributed by atoms with Gasteiger partial charge in [0.2, 0.25) is 0 Å². The summed E-state index contributed by atoms with van der Waals surface area (Å²) in [6, 6.07) is -0.162. The fourth-order valence-electron chi connectivity index (χ4n) is 1.80. The SMILES string of the molecule is CCOC(C)(C)CNC(C(=O)OC)C1CC1. The molecule has 1 aliphatic rings. The zero-order chi connectivity index (χ0) is 12.2. The third-order valence-corrected chi connectivity index (χ3v) is 2.83. The molecule has 1 N–H and O–H groups in total. The van der Waals surface area contributed by atoms with Crippen LogP contribution in [-0.4, -0.2) is 37.9 Å². The molecule has 0 aromatic heterocycles. The second-order valence-electron chi connectivity index (χ2n) is 4.91. The molecule has 1 atom stereocenters. The zero-order valence-corrected chi connectivity index (χ0v) is 10.7. The van der Waals surface area contributed by atoms with Crippen molar-refractivity contribution in [3.8, 4) is 0 Å². The molecule has 94 valence electrons. The van der Waals surface area contributed by atoms with Gasteiger partial charge in [-0.05, 0) is 39.5 Å². The van der Waals surface area contributed by atoms with Gasteiger partial charge in [0.1, 0.15) is 6.04 Å². The van der Waals surface area contributed by atoms with Crippen LogP contribution in [0.2, 0.25) is 0 Å². The highest BCUT2D eigenvalue weighted by Crippen LogP contribution is 2.33. The topological polar surface area (TPSA) is 47.6 Å². The second-order valence-corrected chi connectivity index (χ2v) is 4.91. The van der Waals surface area contributed by atoms with Crippen molar-refractivity contribution in [2.75, 3.05) is 20.3 Å². The Bertz CT molecular complexity index is 236. The summed E-state index contributed by atoms with van der Waals surface area (Å²) in [6.07, 6.45) is 2.23. The van der Waals surface area contributed by atoms with Gasteiger partial charge in [-0.15, -0.1) is 0 Å². The lowest BCUT2D eigenvalue weighted by molar-refractivity contribution is -0.144. The van der Waals surface area contributed by atoms with Crippen molar-refractivity contribution in [2.24, 2.45) is 5.92 Å². The van der Waals surface area contributed by atoms with Gasteiger partial charge < -0.3 is 14.8 Å². The summed E-state index contributed by atoms with van der Waals surface area (Å²) >= 11 is 0. The maximum absolute atomic E-state index is 11.5. The van der Waals surface area contributed by atoms with Crippen molar-refractivity contribution >= 4 is 5.97 Å². The predicted octanol–water partition coefficient (Wildman–Crippen LogP) is 1.34. The van der Waals surface area contributed by atoms with Crippen molar-refractivity contribution in [2.45, 2.75) is 45.3 Å². The first-order valence-corrected chi connectivity index (χ1v) is 5.95. The normalized spacial score (nSPS) is 18.2. The van der Waals surface area contributed by atoms with Gasteiger partial charge in [0.25, 0.3) is 0 Å². The van der Waals surface area contributed by atoms with E-state index in [-0.39, 0.29) is 17.6 Å². The van der Waals surface area contributed by atoms with Crippen LogP contribution in [0, 0.1) is 5.92 Å². The molecular weight excluding hydrogens is 206 g/mol. The summed E-state index contributed by atoms with van der Waals surface area (Å²) in [6.45, 7) is 7.36. The van der Waals surface area contributed by atoms with Crippen LogP contribution in [0.1, 0.15) is 33.6 Å². The fourth-order valence-corrected chi connectivity index (χ4v) is 1.80. The third-order valence-electron chi connectivity index (χ3n) is 2.83. The summed E-state index contributed by atoms with van der Waals surface area (Å²) in [7, 11) is 1.44. The van der Waals surface area contributed by atoms with E-state index in [2.05, 4.69) is 5.32 Å². The number of carbonyl (C=O) groups excluding carboxylic acids is 1. The molecule has 1 rings (SSSR count). The summed E-state index contributed by atoms with van der Waals surface area (Å²) in [5, 5.41) is 3.26. The van der Waals surface area contributed by atoms with Gasteiger partial charge in [-0.25, -0.2) is 0 Å². The minimum absolute atomic E-state index is 0.158. The van der Waals surface area contributed by atoms with Crippen LogP contribution in [0.15, 0.2) is 0 Å². The van der Waals surface area contributed by atoms with Gasteiger partial charge in [0, 0.05) is 13.2 Å². The van der Waals surface area contributed by atoms with Crippen molar-refractivity contribution in [1.82, 2.24) is 5.32 Å². The van der Waals surface area contributed by atoms with Gasteiger partial charge >= 0.3 is 5.97 Å². The fraction of sp³-hybridized carbons (Fsp3) is 0.917. The minimum Gasteiger partial charge on any atom is -0.468 e. The van der Waals surface area contributed by atoms with Gasteiger partial charge in [-0.2, -0.15) is 0 Å². The molecule has 0 saturated heterocycles. The first kappa shape index (κ1) is 13.5. The molecule has 1 aliphatic carbocycles. The number of nitrogens with one attached hydrogen (secondary N) is 1. The number of rotatable bonds is 7. The van der Waals surface area contributed by atoms with E-state index in [1.807, 2.05) is 20.8 Å². The summed E-state index contributed by atoms with van der Waals surface area (Å²) < 4.78 is 10.4. The Morgan fingerprint density at radius 1 is 1.50 bits per heavy atom. The molecule has 0 aliphatic heterocycles. The standard InChI is InChI=1S/C12H23NO3/c1-5-16-12(2,3)8-13-10(9-6-7-9)11(14)15-4/h9-10,13H,5-8H2,1-4H3. The van der Waals surface area contributed by atoms with Crippen LogP contribution in [0.4, 0.5) is 0 Å². The summed E-state index contributed by atoms with van der Waals surface area (Å²) in [5.41, 5.74) is -0.240. The number of hydrogen-bond acceptors (Lipinski definition) is 4. The molecule has 0 heterocycles. The molecule has 0 spiro atoms. The van der Waals surface area contributed by atoms with Crippen molar-refractivity contribution in [1.29, 1.82) is 0 Å². The lowest BCUT2D eigenvalue weighted by Gasteiger charge is -2.27. The number of hydrogen-bond donors (Lipinski definition) is 1. The number of ether oxygens (including phenoxy) is 2. The van der Waals surface area contributed by atoms with E-state index >= 15 is 0 Å². The Morgan fingerprint density at radius 2 is 2.12 bits per heavy atom. The van der Waals surface area contributed by atoms with E-state index in [9.17, 15) is 4.79 Å². The van der Waals surface area contributed by atoms with Crippen LogP contribution in [0.3, 0.4) is 0 Å². The molecule has 0 aromatic carbocycles. The van der Waals surface area contributed by atoms with Gasteiger partial charge in [0.05, 0.1) is 12.7 Å². The van der Waals surface area contributed by atoms with Crippen LogP contribution < -0.4 is 5.32 Å². The van der Waals surface area contributed by atoms with Crippen LogP contribution in [0.5, 0.6) is 0 Å². The molecule has 4 nitrogen and oxygen atoms in total. The molecule has 0 radical (unpaired) electrons. The Balaban J connectivity index is 2.40. The number of methoxy groups -OCH3 is 1. The van der Waals surface area contributed by atoms with Crippen molar-refractivity contribution in [3.63, 3.8) is 0 Å².